The van der Waals surface area contributed by atoms with Gasteiger partial charge in [-0.05, 0) is 36.1 Å². The first kappa shape index (κ1) is 22.4. The molecule has 0 aliphatic carbocycles. The van der Waals surface area contributed by atoms with Crippen molar-refractivity contribution >= 4 is 23.4 Å². The summed E-state index contributed by atoms with van der Waals surface area (Å²) >= 11 is 0. The van der Waals surface area contributed by atoms with E-state index in [2.05, 4.69) is 4.90 Å². The Bertz CT molecular complexity index is 1480. The molecule has 2 bridgehead atoms. The third kappa shape index (κ3) is 3.73. The molecule has 2 aliphatic heterocycles. The van der Waals surface area contributed by atoms with Gasteiger partial charge in [0.1, 0.15) is 17.6 Å². The van der Waals surface area contributed by atoms with Crippen molar-refractivity contribution in [3.8, 4) is 16.9 Å². The minimum absolute atomic E-state index is 0. The van der Waals surface area contributed by atoms with E-state index in [9.17, 15) is 14.7 Å². The van der Waals surface area contributed by atoms with Crippen LogP contribution in [-0.4, -0.2) is 27.7 Å². The first-order chi connectivity index (χ1) is 16.1. The quantitative estimate of drug-likeness (QED) is 0.475. The molecule has 4 aromatic rings. The molecule has 2 aliphatic rings. The molecule has 4 heterocycles. The highest BCUT2D eigenvalue weighted by atomic mass is 35.5. The molecule has 1 N–H and O–H groups in total. The number of pyridine rings is 1. The van der Waals surface area contributed by atoms with Crippen LogP contribution in [0.15, 0.2) is 80.9 Å². The molecular formula is C27H25ClN2O4. The van der Waals surface area contributed by atoms with E-state index in [4.69, 9.17) is 4.42 Å². The predicted octanol–water partition coefficient (Wildman–Crippen LogP) is 4.37. The van der Waals surface area contributed by atoms with E-state index in [1.165, 1.54) is 6.26 Å². The van der Waals surface area contributed by atoms with E-state index in [0.717, 1.165) is 37.3 Å². The SMILES string of the molecule is Cl.O=c1c(-c2ccccc2)coc2c(CN3C[C@H]4C[C@@H](C3)c3cccc(=O)n3C4)c(O)ccc12. The van der Waals surface area contributed by atoms with Crippen LogP contribution in [0.1, 0.15) is 23.6 Å². The first-order valence-corrected chi connectivity index (χ1v) is 11.3. The fourth-order valence-corrected chi connectivity index (χ4v) is 5.57. The first-order valence-electron chi connectivity index (χ1n) is 11.3. The number of hydrogen-bond acceptors (Lipinski definition) is 5. The molecule has 1 fully saturated rings. The number of hydrogen-bond donors (Lipinski definition) is 1. The van der Waals surface area contributed by atoms with Crippen LogP contribution in [0, 0.1) is 5.92 Å². The number of piperidine rings is 1. The monoisotopic (exact) mass is 476 g/mol. The zero-order valence-electron chi connectivity index (χ0n) is 18.5. The third-order valence-corrected chi connectivity index (χ3v) is 7.04. The summed E-state index contributed by atoms with van der Waals surface area (Å²) in [5.41, 5.74) is 3.44. The number of halogens is 1. The highest BCUT2D eigenvalue weighted by Gasteiger charge is 2.35. The number of phenolic OH excluding ortho intramolecular Hbond substituents is 1. The van der Waals surface area contributed by atoms with Crippen molar-refractivity contribution in [2.45, 2.75) is 25.4 Å². The number of fused-ring (bicyclic) bond motifs is 5. The molecule has 0 amide bonds. The maximum Gasteiger partial charge on any atom is 0.250 e. The Hall–Kier alpha value is -3.35. The molecule has 6 nitrogen and oxygen atoms in total. The highest BCUT2D eigenvalue weighted by Crippen LogP contribution is 2.37. The molecule has 0 saturated carbocycles. The lowest BCUT2D eigenvalue weighted by Crippen LogP contribution is -2.46. The Morgan fingerprint density at radius 1 is 0.941 bits per heavy atom. The van der Waals surface area contributed by atoms with E-state index in [-0.39, 0.29) is 35.1 Å². The van der Waals surface area contributed by atoms with Gasteiger partial charge in [-0.15, -0.1) is 12.4 Å². The number of phenols is 1. The number of likely N-dealkylation sites (tertiary alicyclic amines) is 1. The van der Waals surface area contributed by atoms with Crippen molar-refractivity contribution in [3.05, 3.63) is 98.8 Å². The zero-order valence-corrected chi connectivity index (χ0v) is 19.3. The van der Waals surface area contributed by atoms with Gasteiger partial charge in [-0.3, -0.25) is 14.5 Å². The number of aromatic nitrogens is 1. The van der Waals surface area contributed by atoms with Gasteiger partial charge in [-0.1, -0.05) is 36.4 Å². The Labute approximate surface area is 202 Å². The molecule has 0 spiro atoms. The minimum Gasteiger partial charge on any atom is -0.507 e. The maximum absolute atomic E-state index is 13.2. The largest absolute Gasteiger partial charge is 0.507 e. The third-order valence-electron chi connectivity index (χ3n) is 7.04. The molecule has 2 atom stereocenters. The van der Waals surface area contributed by atoms with Crippen molar-refractivity contribution in [3.63, 3.8) is 0 Å². The molecular weight excluding hydrogens is 452 g/mol. The van der Waals surface area contributed by atoms with Crippen LogP contribution in [-0.2, 0) is 13.1 Å². The van der Waals surface area contributed by atoms with E-state index in [0.29, 0.717) is 34.6 Å². The summed E-state index contributed by atoms with van der Waals surface area (Å²) in [6, 6.07) is 18.2. The van der Waals surface area contributed by atoms with Crippen molar-refractivity contribution < 1.29 is 9.52 Å². The smallest absolute Gasteiger partial charge is 0.250 e. The average Bonchev–Trinajstić information content (AvgIpc) is 2.82. The summed E-state index contributed by atoms with van der Waals surface area (Å²) in [7, 11) is 0. The average molecular weight is 477 g/mol. The van der Waals surface area contributed by atoms with Crippen LogP contribution in [0.5, 0.6) is 5.75 Å². The molecule has 6 rings (SSSR count). The van der Waals surface area contributed by atoms with Crippen LogP contribution < -0.4 is 11.0 Å². The van der Waals surface area contributed by atoms with Gasteiger partial charge in [0, 0.05) is 43.9 Å². The number of rotatable bonds is 3. The van der Waals surface area contributed by atoms with Gasteiger partial charge in [0.15, 0.2) is 0 Å². The van der Waals surface area contributed by atoms with Crippen LogP contribution in [0.2, 0.25) is 0 Å². The van der Waals surface area contributed by atoms with E-state index < -0.39 is 0 Å². The van der Waals surface area contributed by atoms with Gasteiger partial charge in [-0.2, -0.15) is 0 Å². The normalized spacial score (nSPS) is 19.4. The highest BCUT2D eigenvalue weighted by molar-refractivity contribution is 5.86. The standard InChI is InChI=1S/C27H24N2O4.ClH/c30-24-10-9-20-26(32)22(18-5-2-1-3-6-18)16-33-27(20)21(24)15-28-12-17-11-19(14-28)23-7-4-8-25(31)29(23)13-17;/h1-10,16-17,19,30H,11-15H2;1H/t17-,19+;/m1./s1. The lowest BCUT2D eigenvalue weighted by Gasteiger charge is -2.42. The van der Waals surface area contributed by atoms with Crippen LogP contribution >= 0.6 is 12.4 Å². The van der Waals surface area contributed by atoms with E-state index >= 15 is 0 Å². The van der Waals surface area contributed by atoms with Crippen molar-refractivity contribution in [2.24, 2.45) is 5.92 Å². The molecule has 174 valence electrons. The maximum atomic E-state index is 13.2. The summed E-state index contributed by atoms with van der Waals surface area (Å²) in [4.78, 5) is 27.8. The molecule has 0 unspecified atom stereocenters. The number of nitrogens with zero attached hydrogens (tertiary/aromatic N) is 2. The van der Waals surface area contributed by atoms with Gasteiger partial charge in [-0.25, -0.2) is 0 Å². The summed E-state index contributed by atoms with van der Waals surface area (Å²) in [6.45, 7) is 2.83. The molecule has 7 heteroatoms. The summed E-state index contributed by atoms with van der Waals surface area (Å²) in [5, 5.41) is 11.2. The second-order valence-electron chi connectivity index (χ2n) is 9.18. The lowest BCUT2D eigenvalue weighted by molar-refractivity contribution is 0.113. The van der Waals surface area contributed by atoms with E-state index in [1.54, 1.807) is 18.2 Å². The van der Waals surface area contributed by atoms with Gasteiger partial charge >= 0.3 is 0 Å². The number of aromatic hydroxyl groups is 1. The van der Waals surface area contributed by atoms with Crippen molar-refractivity contribution in [1.29, 1.82) is 0 Å². The van der Waals surface area contributed by atoms with Gasteiger partial charge < -0.3 is 14.1 Å². The van der Waals surface area contributed by atoms with Gasteiger partial charge in [0.2, 0.25) is 5.43 Å². The fraction of sp³-hybridized carbons (Fsp3) is 0.259. The van der Waals surface area contributed by atoms with Crippen molar-refractivity contribution in [1.82, 2.24) is 9.47 Å². The second-order valence-corrected chi connectivity index (χ2v) is 9.18. The summed E-state index contributed by atoms with van der Waals surface area (Å²) < 4.78 is 7.88. The lowest BCUT2D eigenvalue weighted by atomic mass is 9.83. The second kappa shape index (κ2) is 8.78. The molecule has 2 aromatic heterocycles. The van der Waals surface area contributed by atoms with Crippen molar-refractivity contribution in [2.75, 3.05) is 13.1 Å². The number of benzene rings is 2. The Morgan fingerprint density at radius 3 is 2.59 bits per heavy atom. The minimum atomic E-state index is -0.104. The van der Waals surface area contributed by atoms with Crippen LogP contribution in [0.3, 0.4) is 0 Å². The molecule has 1 saturated heterocycles. The van der Waals surface area contributed by atoms with E-state index in [1.807, 2.05) is 47.0 Å². The summed E-state index contributed by atoms with van der Waals surface area (Å²) in [6.07, 6.45) is 2.56. The van der Waals surface area contributed by atoms with Crippen LogP contribution in [0.25, 0.3) is 22.1 Å². The summed E-state index contributed by atoms with van der Waals surface area (Å²) in [5.74, 6) is 0.788. The van der Waals surface area contributed by atoms with Gasteiger partial charge in [0.25, 0.3) is 5.56 Å². The Morgan fingerprint density at radius 2 is 1.76 bits per heavy atom. The van der Waals surface area contributed by atoms with Crippen LogP contribution in [0.4, 0.5) is 0 Å². The zero-order chi connectivity index (χ0) is 22.5. The topological polar surface area (TPSA) is 75.7 Å². The Kier molecular flexibility index (Phi) is 5.80. The predicted molar refractivity (Wildman–Crippen MR) is 134 cm³/mol. The molecule has 34 heavy (non-hydrogen) atoms. The van der Waals surface area contributed by atoms with Gasteiger partial charge in [0.05, 0.1) is 16.5 Å². The molecule has 0 radical (unpaired) electrons. The fourth-order valence-electron chi connectivity index (χ4n) is 5.57. The Balaban J connectivity index is 0.00000241. The molecule has 2 aromatic carbocycles.